The van der Waals surface area contributed by atoms with E-state index in [4.69, 9.17) is 37.9 Å². The van der Waals surface area contributed by atoms with Gasteiger partial charge in [0.15, 0.2) is 18.3 Å². The van der Waals surface area contributed by atoms with Crippen molar-refractivity contribution in [2.45, 2.75) is 71.6 Å². The molecule has 49 heavy (non-hydrogen) atoms. The van der Waals surface area contributed by atoms with E-state index in [9.17, 15) is 19.2 Å². The number of esters is 3. The van der Waals surface area contributed by atoms with Gasteiger partial charge in [0.25, 0.3) is 0 Å². The van der Waals surface area contributed by atoms with Gasteiger partial charge in [-0.05, 0) is 18.6 Å². The third-order valence-corrected chi connectivity index (χ3v) is 7.42. The fraction of sp³-hybridized carbons (Fsp3) is 0.676. The lowest BCUT2D eigenvalue weighted by atomic mass is 9.90. The SMILES string of the molecule is C=C(OCC)c1ccc(COC)cn1.COC1C(=O)OCC1(C)C.COC1C(=O)OCC1C.COC1CCOC1=O.COC1CNC(=O)C1. The maximum atomic E-state index is 10.9. The van der Waals surface area contributed by atoms with Gasteiger partial charge in [-0.3, -0.25) is 9.78 Å². The van der Waals surface area contributed by atoms with Crippen molar-refractivity contribution >= 4 is 29.6 Å². The van der Waals surface area contributed by atoms with Gasteiger partial charge in [0, 0.05) is 66.0 Å². The standard InChI is InChI=1S/C11H15NO2.C7H12O3.C6H10O3.C5H9NO2.C5H8O3/c1-4-14-9(2)11-6-5-10(7-12-11)8-13-3;1-7(2)4-10-6(8)5(7)9-3;1-4-3-9-6(7)5(4)8-2;1-8-4-2-5(7)6-3-4;1-7-4-2-3-8-5(4)6/h5-7H,2,4,8H2,1,3H3;5H,4H2,1-3H3;4-5H,3H2,1-2H3;4H,2-3H2,1H3,(H,6,7);4H,2-3H2,1H3. The van der Waals surface area contributed by atoms with Gasteiger partial charge < -0.3 is 47.9 Å². The van der Waals surface area contributed by atoms with Crippen molar-refractivity contribution in [3.05, 3.63) is 36.2 Å². The normalized spacial score (nSPS) is 24.6. The minimum atomic E-state index is -0.382. The van der Waals surface area contributed by atoms with E-state index < -0.39 is 0 Å². The summed E-state index contributed by atoms with van der Waals surface area (Å²) < 4.78 is 43.8. The van der Waals surface area contributed by atoms with E-state index in [1.807, 2.05) is 39.8 Å². The molecule has 0 spiro atoms. The number of hydrogen-bond acceptors (Lipinski definition) is 14. The van der Waals surface area contributed by atoms with Crippen molar-refractivity contribution in [3.8, 4) is 0 Å². The zero-order chi connectivity index (χ0) is 37.0. The molecular formula is C34H54N2O13. The van der Waals surface area contributed by atoms with Crippen molar-refractivity contribution in [1.82, 2.24) is 10.3 Å². The molecule has 15 heteroatoms. The highest BCUT2D eigenvalue weighted by atomic mass is 16.6. The van der Waals surface area contributed by atoms with Gasteiger partial charge in [-0.2, -0.15) is 0 Å². The molecule has 1 aromatic heterocycles. The number of ether oxygens (including phenoxy) is 9. The Bertz CT molecular complexity index is 1180. The molecule has 4 fully saturated rings. The van der Waals surface area contributed by atoms with Crippen molar-refractivity contribution in [3.63, 3.8) is 0 Å². The van der Waals surface area contributed by atoms with Crippen LogP contribution in [0.25, 0.3) is 5.76 Å². The molecule has 5 rings (SSSR count). The predicted octanol–water partition coefficient (Wildman–Crippen LogP) is 2.48. The predicted molar refractivity (Wildman–Crippen MR) is 177 cm³/mol. The number of carbonyl (C=O) groups is 4. The zero-order valence-corrected chi connectivity index (χ0v) is 30.2. The molecule has 1 amide bonds. The Morgan fingerprint density at radius 1 is 0.959 bits per heavy atom. The van der Waals surface area contributed by atoms with Crippen LogP contribution in [0.4, 0.5) is 0 Å². The van der Waals surface area contributed by atoms with Crippen LogP contribution in [0.15, 0.2) is 24.9 Å². The summed E-state index contributed by atoms with van der Waals surface area (Å²) in [6, 6.07) is 3.84. The third kappa shape index (κ3) is 15.2. The van der Waals surface area contributed by atoms with Crippen LogP contribution >= 0.6 is 0 Å². The molecule has 1 N–H and O–H groups in total. The van der Waals surface area contributed by atoms with Crippen LogP contribution < -0.4 is 5.32 Å². The highest BCUT2D eigenvalue weighted by Crippen LogP contribution is 2.30. The molecule has 4 aliphatic heterocycles. The first-order valence-corrected chi connectivity index (χ1v) is 15.9. The second-order valence-corrected chi connectivity index (χ2v) is 11.9. The first-order chi connectivity index (χ1) is 23.3. The highest BCUT2D eigenvalue weighted by Gasteiger charge is 2.43. The van der Waals surface area contributed by atoms with Gasteiger partial charge in [0.05, 0.1) is 45.6 Å². The Labute approximate surface area is 289 Å². The number of cyclic esters (lactones) is 3. The number of pyridine rings is 1. The van der Waals surface area contributed by atoms with Gasteiger partial charge in [0.2, 0.25) is 5.91 Å². The summed E-state index contributed by atoms with van der Waals surface area (Å²) in [6.45, 7) is 14.9. The molecule has 0 radical (unpaired) electrons. The summed E-state index contributed by atoms with van der Waals surface area (Å²) in [5, 5.41) is 2.66. The Balaban J connectivity index is 0.000000312. The fourth-order valence-electron chi connectivity index (χ4n) is 4.61. The van der Waals surface area contributed by atoms with Gasteiger partial charge in [-0.1, -0.05) is 33.4 Å². The van der Waals surface area contributed by atoms with Gasteiger partial charge in [-0.25, -0.2) is 14.4 Å². The topological polar surface area (TPSA) is 176 Å². The van der Waals surface area contributed by atoms with Crippen LogP contribution in [0.2, 0.25) is 0 Å². The summed E-state index contributed by atoms with van der Waals surface area (Å²) in [6.07, 6.45) is 2.10. The second-order valence-electron chi connectivity index (χ2n) is 11.9. The maximum Gasteiger partial charge on any atom is 0.335 e. The average molecular weight is 699 g/mol. The van der Waals surface area contributed by atoms with Crippen molar-refractivity contribution in [2.24, 2.45) is 11.3 Å². The van der Waals surface area contributed by atoms with Crippen LogP contribution in [0.3, 0.4) is 0 Å². The Kier molecular flexibility index (Phi) is 20.3. The molecule has 0 bridgehead atoms. The molecular weight excluding hydrogens is 644 g/mol. The number of hydrogen-bond donors (Lipinski definition) is 1. The molecule has 0 saturated carbocycles. The van der Waals surface area contributed by atoms with E-state index in [1.54, 1.807) is 20.4 Å². The molecule has 4 saturated heterocycles. The fourth-order valence-corrected chi connectivity index (χ4v) is 4.61. The smallest absolute Gasteiger partial charge is 0.335 e. The molecule has 15 nitrogen and oxygen atoms in total. The van der Waals surface area contributed by atoms with E-state index in [0.29, 0.717) is 58.2 Å². The Morgan fingerprint density at radius 2 is 1.67 bits per heavy atom. The van der Waals surface area contributed by atoms with E-state index >= 15 is 0 Å². The first-order valence-electron chi connectivity index (χ1n) is 15.9. The molecule has 0 aliphatic carbocycles. The molecule has 5 heterocycles. The summed E-state index contributed by atoms with van der Waals surface area (Å²) in [4.78, 5) is 46.6. The van der Waals surface area contributed by atoms with Crippen molar-refractivity contribution in [2.75, 3.05) is 68.5 Å². The van der Waals surface area contributed by atoms with Crippen LogP contribution in [-0.4, -0.2) is 122 Å². The molecule has 0 aromatic carbocycles. The number of aromatic nitrogens is 1. The van der Waals surface area contributed by atoms with Crippen molar-refractivity contribution in [1.29, 1.82) is 0 Å². The van der Waals surface area contributed by atoms with E-state index in [1.165, 1.54) is 21.3 Å². The monoisotopic (exact) mass is 698 g/mol. The lowest BCUT2D eigenvalue weighted by Crippen LogP contribution is -2.31. The summed E-state index contributed by atoms with van der Waals surface area (Å²) in [5.41, 5.74) is 1.65. The number of carbonyl (C=O) groups excluding carboxylic acids is 4. The van der Waals surface area contributed by atoms with Gasteiger partial charge in [0.1, 0.15) is 11.5 Å². The molecule has 5 unspecified atom stereocenters. The lowest BCUT2D eigenvalue weighted by Gasteiger charge is -2.19. The zero-order valence-electron chi connectivity index (χ0n) is 30.2. The molecule has 5 atom stereocenters. The summed E-state index contributed by atoms with van der Waals surface area (Å²) >= 11 is 0. The van der Waals surface area contributed by atoms with Crippen LogP contribution in [-0.2, 0) is 68.4 Å². The largest absolute Gasteiger partial charge is 0.492 e. The number of methoxy groups -OCH3 is 5. The van der Waals surface area contributed by atoms with E-state index in [0.717, 1.165) is 11.3 Å². The van der Waals surface area contributed by atoms with Gasteiger partial charge in [-0.15, -0.1) is 0 Å². The van der Waals surface area contributed by atoms with Crippen LogP contribution in [0.5, 0.6) is 0 Å². The molecule has 278 valence electrons. The maximum absolute atomic E-state index is 10.9. The number of nitrogens with zero attached hydrogens (tertiary/aromatic N) is 1. The number of rotatable bonds is 9. The Morgan fingerprint density at radius 3 is 1.98 bits per heavy atom. The summed E-state index contributed by atoms with van der Waals surface area (Å²) in [7, 11) is 7.84. The molecule has 4 aliphatic rings. The van der Waals surface area contributed by atoms with E-state index in [2.05, 4.69) is 21.6 Å². The number of nitrogens with one attached hydrogen (secondary N) is 1. The summed E-state index contributed by atoms with van der Waals surface area (Å²) in [5.74, 6) is 0.209. The number of amides is 1. The lowest BCUT2D eigenvalue weighted by molar-refractivity contribution is -0.147. The quantitative estimate of drug-likeness (QED) is 0.226. The minimum absolute atomic E-state index is 0.0943. The minimum Gasteiger partial charge on any atom is -0.492 e. The van der Waals surface area contributed by atoms with Gasteiger partial charge >= 0.3 is 17.9 Å². The van der Waals surface area contributed by atoms with Crippen LogP contribution in [0, 0.1) is 11.3 Å². The van der Waals surface area contributed by atoms with Crippen LogP contribution in [0.1, 0.15) is 51.8 Å². The average Bonchev–Trinajstić information content (AvgIpc) is 3.85. The Hall–Kier alpha value is -3.63. The highest BCUT2D eigenvalue weighted by molar-refractivity contribution is 5.79. The van der Waals surface area contributed by atoms with E-state index in [-0.39, 0.29) is 59.6 Å². The first kappa shape index (κ1) is 43.4. The second kappa shape index (κ2) is 22.9. The third-order valence-electron chi connectivity index (χ3n) is 7.42. The molecule has 1 aromatic rings. The van der Waals surface area contributed by atoms with Crippen molar-refractivity contribution < 1.29 is 61.8 Å².